The van der Waals surface area contributed by atoms with Crippen molar-refractivity contribution in [2.24, 2.45) is 5.73 Å². The van der Waals surface area contributed by atoms with E-state index in [0.29, 0.717) is 27.7 Å². The van der Waals surface area contributed by atoms with E-state index in [9.17, 15) is 9.59 Å². The van der Waals surface area contributed by atoms with Crippen LogP contribution in [0.4, 0.5) is 10.5 Å². The van der Waals surface area contributed by atoms with Gasteiger partial charge in [0.1, 0.15) is 22.4 Å². The molecule has 1 atom stereocenters. The van der Waals surface area contributed by atoms with Gasteiger partial charge in [-0.2, -0.15) is 0 Å². The molecule has 3 rings (SSSR count). The zero-order valence-corrected chi connectivity index (χ0v) is 20.8. The van der Waals surface area contributed by atoms with Crippen LogP contribution in [0.25, 0.3) is 16.2 Å². The van der Waals surface area contributed by atoms with Gasteiger partial charge in [-0.3, -0.25) is 14.1 Å². The summed E-state index contributed by atoms with van der Waals surface area (Å²) in [7, 11) is 2.93. The number of hydrogen-bond acceptors (Lipinski definition) is 6. The molecule has 3 heterocycles. The number of carbonyl (C=O) groups is 2. The van der Waals surface area contributed by atoms with Crippen molar-refractivity contribution in [3.8, 4) is 16.3 Å². The van der Waals surface area contributed by atoms with Crippen molar-refractivity contribution in [1.82, 2.24) is 9.38 Å². The first-order valence-corrected chi connectivity index (χ1v) is 11.4. The summed E-state index contributed by atoms with van der Waals surface area (Å²) in [5.74, 6) is -0.251. The minimum Gasteiger partial charge on any atom is -0.484 e. The number of anilines is 1. The summed E-state index contributed by atoms with van der Waals surface area (Å²) >= 11 is 7.35. The van der Waals surface area contributed by atoms with E-state index in [1.54, 1.807) is 37.6 Å². The normalized spacial score (nSPS) is 12.7. The molecule has 8 nitrogen and oxygen atoms in total. The molecule has 2 amide bonds. The van der Waals surface area contributed by atoms with Gasteiger partial charge in [0, 0.05) is 36.0 Å². The smallest absolute Gasteiger partial charge is 0.413 e. The third kappa shape index (κ3) is 5.16. The minimum absolute atomic E-state index is 0.282. The number of halogens is 1. The molecule has 178 valence electrons. The van der Waals surface area contributed by atoms with Crippen LogP contribution in [0.2, 0.25) is 0 Å². The average molecular weight is 501 g/mol. The summed E-state index contributed by atoms with van der Waals surface area (Å²) < 4.78 is 12.7. The van der Waals surface area contributed by atoms with Gasteiger partial charge < -0.3 is 15.2 Å². The van der Waals surface area contributed by atoms with Gasteiger partial charge in [0.15, 0.2) is 0 Å². The summed E-state index contributed by atoms with van der Waals surface area (Å²) in [6, 6.07) is 5.28. The van der Waals surface area contributed by atoms with Gasteiger partial charge >= 0.3 is 6.09 Å². The standard InChI is InChI=1S/C24H25ClN4O4S/c1-6-7-8-17(14(2)25)15(3)33-19-12-20(34-22(19)23(26)30)18-13-27-21-11-16(9-10-29(18)21)28(4)24(31)32-5/h6-13,15H,2H2,1,3-5H3,(H2,26,30)/b7-6-,17-8+. The zero-order valence-electron chi connectivity index (χ0n) is 19.2. The monoisotopic (exact) mass is 500 g/mol. The number of thiophene rings is 1. The Kier molecular flexibility index (Phi) is 7.80. The highest BCUT2D eigenvalue weighted by molar-refractivity contribution is 7.17. The van der Waals surface area contributed by atoms with E-state index < -0.39 is 18.1 Å². The van der Waals surface area contributed by atoms with Gasteiger partial charge in [0.05, 0.1) is 29.6 Å². The van der Waals surface area contributed by atoms with Crippen LogP contribution in [0.15, 0.2) is 66.0 Å². The maximum absolute atomic E-state index is 12.1. The Bertz CT molecular complexity index is 1310. The fourth-order valence-electron chi connectivity index (χ4n) is 3.26. The molecular weight excluding hydrogens is 476 g/mol. The van der Waals surface area contributed by atoms with E-state index in [1.165, 1.54) is 23.3 Å². The molecule has 0 aliphatic rings. The van der Waals surface area contributed by atoms with Crippen molar-refractivity contribution < 1.29 is 19.1 Å². The SMILES string of the molecule is C=C(Cl)/C(=C\C=C/C)C(C)Oc1cc(-c2cnc3cc(N(C)C(=O)OC)ccn23)sc1C(N)=O. The number of amides is 2. The van der Waals surface area contributed by atoms with E-state index in [4.69, 9.17) is 26.8 Å². The number of ether oxygens (including phenoxy) is 2. The molecule has 0 aromatic carbocycles. The quantitative estimate of drug-likeness (QED) is 0.418. The fourth-order valence-corrected chi connectivity index (χ4v) is 4.43. The summed E-state index contributed by atoms with van der Waals surface area (Å²) in [5.41, 5.74) is 8.29. The highest BCUT2D eigenvalue weighted by atomic mass is 35.5. The molecule has 0 bridgehead atoms. The predicted molar refractivity (Wildman–Crippen MR) is 136 cm³/mol. The van der Waals surface area contributed by atoms with Crippen LogP contribution in [0.5, 0.6) is 5.75 Å². The molecule has 34 heavy (non-hydrogen) atoms. The van der Waals surface area contributed by atoms with E-state index in [2.05, 4.69) is 11.6 Å². The number of aromatic nitrogens is 2. The van der Waals surface area contributed by atoms with Crippen LogP contribution in [0.1, 0.15) is 23.5 Å². The molecule has 0 aliphatic heterocycles. The summed E-state index contributed by atoms with van der Waals surface area (Å²) in [4.78, 5) is 30.8. The van der Waals surface area contributed by atoms with Crippen LogP contribution >= 0.6 is 22.9 Å². The second kappa shape index (κ2) is 10.6. The Morgan fingerprint density at radius 1 is 1.38 bits per heavy atom. The van der Waals surface area contributed by atoms with Gasteiger partial charge in [0.2, 0.25) is 0 Å². The third-order valence-electron chi connectivity index (χ3n) is 5.03. The molecule has 1 unspecified atom stereocenters. The van der Waals surface area contributed by atoms with Gasteiger partial charge in [-0.25, -0.2) is 9.78 Å². The molecule has 2 N–H and O–H groups in total. The molecule has 3 aromatic rings. The van der Waals surface area contributed by atoms with Crippen molar-refractivity contribution in [2.75, 3.05) is 19.1 Å². The Hall–Kier alpha value is -3.56. The number of allylic oxidation sites excluding steroid dienone is 3. The van der Waals surface area contributed by atoms with Crippen molar-refractivity contribution in [1.29, 1.82) is 0 Å². The van der Waals surface area contributed by atoms with Crippen LogP contribution in [0, 0.1) is 0 Å². The second-order valence-corrected chi connectivity index (χ2v) is 8.78. The lowest BCUT2D eigenvalue weighted by Gasteiger charge is -2.17. The summed E-state index contributed by atoms with van der Waals surface area (Å²) in [6.07, 6.45) is 8.02. The first-order valence-electron chi connectivity index (χ1n) is 10.2. The summed E-state index contributed by atoms with van der Waals surface area (Å²) in [5, 5.41) is 0.344. The number of carbonyl (C=O) groups excluding carboxylic acids is 2. The number of rotatable bonds is 8. The molecular formula is C24H25ClN4O4S. The second-order valence-electron chi connectivity index (χ2n) is 7.27. The Labute approximate surface area is 206 Å². The number of methoxy groups -OCH3 is 1. The predicted octanol–water partition coefficient (Wildman–Crippen LogP) is 5.39. The Morgan fingerprint density at radius 3 is 2.74 bits per heavy atom. The average Bonchev–Trinajstić information content (AvgIpc) is 3.41. The maximum Gasteiger partial charge on any atom is 0.413 e. The molecule has 10 heteroatoms. The van der Waals surface area contributed by atoms with Gasteiger partial charge in [-0.15, -0.1) is 11.3 Å². The van der Waals surface area contributed by atoms with Crippen LogP contribution in [-0.4, -0.2) is 41.6 Å². The first-order chi connectivity index (χ1) is 16.2. The number of imidazole rings is 1. The molecule has 3 aromatic heterocycles. The largest absolute Gasteiger partial charge is 0.484 e. The lowest BCUT2D eigenvalue weighted by atomic mass is 10.1. The molecule has 0 aliphatic carbocycles. The number of nitrogens with zero attached hydrogens (tertiary/aromatic N) is 3. The number of fused-ring (bicyclic) bond motifs is 1. The van der Waals surface area contributed by atoms with E-state index in [0.717, 1.165) is 10.6 Å². The van der Waals surface area contributed by atoms with Crippen LogP contribution in [0.3, 0.4) is 0 Å². The molecule has 0 fully saturated rings. The van der Waals surface area contributed by atoms with E-state index in [1.807, 2.05) is 36.5 Å². The van der Waals surface area contributed by atoms with Gasteiger partial charge in [-0.1, -0.05) is 36.4 Å². The molecule has 0 radical (unpaired) electrons. The van der Waals surface area contributed by atoms with Crippen molar-refractivity contribution in [3.05, 3.63) is 70.9 Å². The highest BCUT2D eigenvalue weighted by Gasteiger charge is 2.22. The Balaban J connectivity index is 1.99. The number of hydrogen-bond donors (Lipinski definition) is 1. The van der Waals surface area contributed by atoms with Gasteiger partial charge in [-0.05, 0) is 19.9 Å². The molecule has 0 spiro atoms. The summed E-state index contributed by atoms with van der Waals surface area (Å²) in [6.45, 7) is 7.50. The number of nitrogens with two attached hydrogens (primary N) is 1. The van der Waals surface area contributed by atoms with Crippen molar-refractivity contribution in [3.63, 3.8) is 0 Å². The lowest BCUT2D eigenvalue weighted by Crippen LogP contribution is -2.25. The van der Waals surface area contributed by atoms with Crippen LogP contribution < -0.4 is 15.4 Å². The number of pyridine rings is 1. The lowest BCUT2D eigenvalue weighted by molar-refractivity contribution is 0.0999. The minimum atomic E-state index is -0.599. The van der Waals surface area contributed by atoms with Crippen molar-refractivity contribution >= 4 is 46.3 Å². The first kappa shape index (κ1) is 25.1. The fraction of sp³-hybridized carbons (Fsp3) is 0.208. The van der Waals surface area contributed by atoms with Crippen LogP contribution in [-0.2, 0) is 4.74 Å². The van der Waals surface area contributed by atoms with Gasteiger partial charge in [0.25, 0.3) is 5.91 Å². The molecule has 0 saturated carbocycles. The van der Waals surface area contributed by atoms with Crippen molar-refractivity contribution in [2.45, 2.75) is 20.0 Å². The zero-order chi connectivity index (χ0) is 25.0. The number of primary amides is 1. The topological polar surface area (TPSA) is 99.2 Å². The maximum atomic E-state index is 12.1. The van der Waals surface area contributed by atoms with E-state index in [-0.39, 0.29) is 4.88 Å². The Morgan fingerprint density at radius 2 is 2.12 bits per heavy atom. The van der Waals surface area contributed by atoms with E-state index >= 15 is 0 Å². The third-order valence-corrected chi connectivity index (χ3v) is 6.40. The molecule has 0 saturated heterocycles. The highest BCUT2D eigenvalue weighted by Crippen LogP contribution is 2.38.